The Hall–Kier alpha value is -2.03. The SMILES string of the molecule is CCOc1ccc(NCc2ccc(F)c(C)c2)cc1. The van der Waals surface area contributed by atoms with E-state index in [1.165, 1.54) is 6.07 Å². The van der Waals surface area contributed by atoms with E-state index < -0.39 is 0 Å². The number of rotatable bonds is 5. The first-order valence-electron chi connectivity index (χ1n) is 6.41. The zero-order valence-corrected chi connectivity index (χ0v) is 11.2. The monoisotopic (exact) mass is 259 g/mol. The smallest absolute Gasteiger partial charge is 0.126 e. The lowest BCUT2D eigenvalue weighted by Crippen LogP contribution is -2.00. The third kappa shape index (κ3) is 3.71. The minimum Gasteiger partial charge on any atom is -0.494 e. The highest BCUT2D eigenvalue weighted by Gasteiger charge is 1.99. The average molecular weight is 259 g/mol. The Morgan fingerprint density at radius 1 is 1.11 bits per heavy atom. The van der Waals surface area contributed by atoms with E-state index in [4.69, 9.17) is 4.74 Å². The van der Waals surface area contributed by atoms with Crippen LogP contribution in [0.25, 0.3) is 0 Å². The van der Waals surface area contributed by atoms with Gasteiger partial charge >= 0.3 is 0 Å². The highest BCUT2D eigenvalue weighted by atomic mass is 19.1. The lowest BCUT2D eigenvalue weighted by molar-refractivity contribution is 0.340. The Morgan fingerprint density at radius 3 is 2.47 bits per heavy atom. The molecule has 100 valence electrons. The molecule has 2 aromatic rings. The van der Waals surface area contributed by atoms with Crippen molar-refractivity contribution >= 4 is 5.69 Å². The van der Waals surface area contributed by atoms with Crippen LogP contribution in [0.4, 0.5) is 10.1 Å². The summed E-state index contributed by atoms with van der Waals surface area (Å²) in [5.41, 5.74) is 2.75. The van der Waals surface area contributed by atoms with Gasteiger partial charge in [-0.25, -0.2) is 4.39 Å². The molecular weight excluding hydrogens is 241 g/mol. The van der Waals surface area contributed by atoms with E-state index in [1.807, 2.05) is 37.3 Å². The van der Waals surface area contributed by atoms with Gasteiger partial charge in [-0.1, -0.05) is 12.1 Å². The molecule has 0 aliphatic heterocycles. The summed E-state index contributed by atoms with van der Waals surface area (Å²) >= 11 is 0. The molecular formula is C16H18FNO. The van der Waals surface area contributed by atoms with Crippen LogP contribution in [0.5, 0.6) is 5.75 Å². The Labute approximate surface area is 113 Å². The Kier molecular flexibility index (Phi) is 4.39. The summed E-state index contributed by atoms with van der Waals surface area (Å²) in [4.78, 5) is 0. The first-order chi connectivity index (χ1) is 9.19. The molecule has 19 heavy (non-hydrogen) atoms. The van der Waals surface area contributed by atoms with Gasteiger partial charge in [-0.15, -0.1) is 0 Å². The number of halogens is 1. The fraction of sp³-hybridized carbons (Fsp3) is 0.250. The largest absolute Gasteiger partial charge is 0.494 e. The zero-order chi connectivity index (χ0) is 13.7. The Balaban J connectivity index is 1.96. The Bertz CT molecular complexity index is 537. The maximum absolute atomic E-state index is 13.1. The van der Waals surface area contributed by atoms with Crippen molar-refractivity contribution in [1.82, 2.24) is 0 Å². The van der Waals surface area contributed by atoms with Gasteiger partial charge in [0.2, 0.25) is 0 Å². The molecule has 0 atom stereocenters. The zero-order valence-electron chi connectivity index (χ0n) is 11.2. The highest BCUT2D eigenvalue weighted by Crippen LogP contribution is 2.17. The van der Waals surface area contributed by atoms with Crippen molar-refractivity contribution < 1.29 is 9.13 Å². The van der Waals surface area contributed by atoms with Gasteiger partial charge in [0, 0.05) is 12.2 Å². The molecule has 1 N–H and O–H groups in total. The maximum Gasteiger partial charge on any atom is 0.126 e. The predicted molar refractivity (Wildman–Crippen MR) is 76.1 cm³/mol. The second kappa shape index (κ2) is 6.23. The molecule has 0 aliphatic rings. The minimum atomic E-state index is -0.162. The van der Waals surface area contributed by atoms with Gasteiger partial charge in [0.15, 0.2) is 0 Å². The standard InChI is InChI=1S/C16H18FNO/c1-3-19-15-7-5-14(6-8-15)18-11-13-4-9-16(17)12(2)10-13/h4-10,18H,3,11H2,1-2H3. The average Bonchev–Trinajstić information content (AvgIpc) is 2.42. The van der Waals surface area contributed by atoms with Crippen molar-refractivity contribution in [1.29, 1.82) is 0 Å². The van der Waals surface area contributed by atoms with Gasteiger partial charge in [-0.05, 0) is 55.3 Å². The number of aryl methyl sites for hydroxylation is 1. The summed E-state index contributed by atoms with van der Waals surface area (Å²) in [7, 11) is 0. The van der Waals surface area contributed by atoms with Crippen LogP contribution in [0.2, 0.25) is 0 Å². The normalized spacial score (nSPS) is 10.3. The number of hydrogen-bond acceptors (Lipinski definition) is 2. The van der Waals surface area contributed by atoms with Crippen LogP contribution >= 0.6 is 0 Å². The van der Waals surface area contributed by atoms with E-state index in [0.717, 1.165) is 17.0 Å². The van der Waals surface area contributed by atoms with Gasteiger partial charge < -0.3 is 10.1 Å². The molecule has 3 heteroatoms. The third-order valence-corrected chi connectivity index (χ3v) is 2.88. The van der Waals surface area contributed by atoms with Gasteiger partial charge in [-0.3, -0.25) is 0 Å². The quantitative estimate of drug-likeness (QED) is 0.871. The Morgan fingerprint density at radius 2 is 1.84 bits per heavy atom. The molecule has 0 radical (unpaired) electrons. The molecule has 2 rings (SSSR count). The summed E-state index contributed by atoms with van der Waals surface area (Å²) in [6.45, 7) is 5.08. The number of ether oxygens (including phenoxy) is 1. The van der Waals surface area contributed by atoms with Crippen molar-refractivity contribution in [2.24, 2.45) is 0 Å². The first kappa shape index (κ1) is 13.4. The van der Waals surface area contributed by atoms with E-state index in [9.17, 15) is 4.39 Å². The number of hydrogen-bond donors (Lipinski definition) is 1. The molecule has 0 unspecified atom stereocenters. The lowest BCUT2D eigenvalue weighted by Gasteiger charge is -2.09. The van der Waals surface area contributed by atoms with Gasteiger partial charge in [0.25, 0.3) is 0 Å². The van der Waals surface area contributed by atoms with Crippen molar-refractivity contribution in [3.05, 3.63) is 59.4 Å². The molecule has 0 spiro atoms. The number of anilines is 1. The minimum absolute atomic E-state index is 0.162. The molecule has 0 aliphatic carbocycles. The van der Waals surface area contributed by atoms with Crippen molar-refractivity contribution in [2.45, 2.75) is 20.4 Å². The second-order valence-electron chi connectivity index (χ2n) is 4.39. The summed E-state index contributed by atoms with van der Waals surface area (Å²) in [6.07, 6.45) is 0. The summed E-state index contributed by atoms with van der Waals surface area (Å²) in [6, 6.07) is 13.0. The van der Waals surface area contributed by atoms with Crippen LogP contribution in [-0.4, -0.2) is 6.61 Å². The van der Waals surface area contributed by atoms with Crippen LogP contribution in [0.15, 0.2) is 42.5 Å². The van der Waals surface area contributed by atoms with E-state index in [0.29, 0.717) is 18.7 Å². The molecule has 0 fully saturated rings. The summed E-state index contributed by atoms with van der Waals surface area (Å²) in [5, 5.41) is 3.30. The van der Waals surface area contributed by atoms with E-state index >= 15 is 0 Å². The van der Waals surface area contributed by atoms with E-state index in [1.54, 1.807) is 13.0 Å². The van der Waals surface area contributed by atoms with Gasteiger partial charge in [-0.2, -0.15) is 0 Å². The maximum atomic E-state index is 13.1. The molecule has 0 saturated carbocycles. The van der Waals surface area contributed by atoms with Crippen LogP contribution in [0, 0.1) is 12.7 Å². The van der Waals surface area contributed by atoms with E-state index in [2.05, 4.69) is 5.32 Å². The third-order valence-electron chi connectivity index (χ3n) is 2.88. The second-order valence-corrected chi connectivity index (χ2v) is 4.39. The number of benzene rings is 2. The van der Waals surface area contributed by atoms with Crippen LogP contribution < -0.4 is 10.1 Å². The fourth-order valence-corrected chi connectivity index (χ4v) is 1.86. The van der Waals surface area contributed by atoms with E-state index in [-0.39, 0.29) is 5.82 Å². The van der Waals surface area contributed by atoms with Crippen LogP contribution in [-0.2, 0) is 6.54 Å². The first-order valence-corrected chi connectivity index (χ1v) is 6.41. The molecule has 0 heterocycles. The molecule has 0 bridgehead atoms. The molecule has 2 aromatic carbocycles. The summed E-state index contributed by atoms with van der Waals surface area (Å²) in [5.74, 6) is 0.704. The molecule has 0 saturated heterocycles. The highest BCUT2D eigenvalue weighted by molar-refractivity contribution is 5.46. The van der Waals surface area contributed by atoms with Crippen molar-refractivity contribution in [3.8, 4) is 5.75 Å². The van der Waals surface area contributed by atoms with Gasteiger partial charge in [0.1, 0.15) is 11.6 Å². The topological polar surface area (TPSA) is 21.3 Å². The van der Waals surface area contributed by atoms with Crippen LogP contribution in [0.3, 0.4) is 0 Å². The molecule has 0 amide bonds. The summed E-state index contributed by atoms with van der Waals surface area (Å²) < 4.78 is 18.5. The fourth-order valence-electron chi connectivity index (χ4n) is 1.86. The van der Waals surface area contributed by atoms with Crippen molar-refractivity contribution in [3.63, 3.8) is 0 Å². The lowest BCUT2D eigenvalue weighted by atomic mass is 10.1. The predicted octanol–water partition coefficient (Wildman–Crippen LogP) is 4.14. The van der Waals surface area contributed by atoms with Crippen molar-refractivity contribution in [2.75, 3.05) is 11.9 Å². The van der Waals surface area contributed by atoms with Gasteiger partial charge in [0.05, 0.1) is 6.61 Å². The molecule has 2 nitrogen and oxygen atoms in total. The molecule has 0 aromatic heterocycles. The van der Waals surface area contributed by atoms with Crippen LogP contribution in [0.1, 0.15) is 18.1 Å². The number of nitrogens with one attached hydrogen (secondary N) is 1.